The molecule has 0 aromatic heterocycles. The molecule has 4 aliphatic rings. The Bertz CT molecular complexity index is 2440. The van der Waals surface area contributed by atoms with Gasteiger partial charge in [-0.15, -0.1) is 0 Å². The number of rotatable bonds is 4. The van der Waals surface area contributed by atoms with Crippen LogP contribution in [0.4, 0.5) is 11.4 Å². The number of halogens is 2. The van der Waals surface area contributed by atoms with Gasteiger partial charge in [0.25, 0.3) is 0 Å². The van der Waals surface area contributed by atoms with E-state index in [1.807, 2.05) is 18.2 Å². The molecule has 10 rings (SSSR count). The topological polar surface area (TPSA) is 55.3 Å². The monoisotopic (exact) mass is 744 g/mol. The Labute approximate surface area is 325 Å². The number of nitrogens with zero attached hydrogens (tertiary/aromatic N) is 4. The maximum Gasteiger partial charge on any atom is 0.219 e. The molecule has 0 amide bonds. The first-order valence-electron chi connectivity index (χ1n) is 18.7. The second kappa shape index (κ2) is 13.7. The summed E-state index contributed by atoms with van der Waals surface area (Å²) < 4.78 is 0. The van der Waals surface area contributed by atoms with Crippen LogP contribution in [-0.4, -0.2) is 21.9 Å². The molecule has 0 bridgehead atoms. The molecule has 8 heteroatoms. The molecule has 6 aromatic carbocycles. The molecule has 0 fully saturated rings. The molecule has 2 N–H and O–H groups in total. The summed E-state index contributed by atoms with van der Waals surface area (Å²) in [7, 11) is 0. The standard InChI is InChI=1S/C46H38Cl2N6/c47-32-24-25-38(48)37(28-32)44-36-19-9-11-21-40(36)50-46(52-44)54(42-27-23-30-13-5-7-17-34(30)42)53(41-26-22-29-12-4-6-16-33(29)41)45-49-39-20-10-8-18-35(39)43(51-45)31-14-2-1-3-15-31/h1-21,24-25,28,41-44H,22-23,26-27H2,(H,49,51)(H,50,52). The van der Waals surface area contributed by atoms with Gasteiger partial charge in [-0.2, -0.15) is 0 Å². The Morgan fingerprint density at radius 2 is 0.963 bits per heavy atom. The van der Waals surface area contributed by atoms with Crippen LogP contribution in [-0.2, 0) is 12.8 Å². The molecule has 2 aliphatic heterocycles. The van der Waals surface area contributed by atoms with E-state index in [-0.39, 0.29) is 24.2 Å². The van der Waals surface area contributed by atoms with Gasteiger partial charge in [-0.3, -0.25) is 0 Å². The zero-order valence-corrected chi connectivity index (χ0v) is 31.1. The Hall–Kier alpha value is -5.56. The lowest BCUT2D eigenvalue weighted by Gasteiger charge is -2.48. The van der Waals surface area contributed by atoms with Crippen molar-refractivity contribution < 1.29 is 0 Å². The first-order chi connectivity index (χ1) is 26.6. The van der Waals surface area contributed by atoms with Gasteiger partial charge in [0.15, 0.2) is 0 Å². The highest BCUT2D eigenvalue weighted by Gasteiger charge is 2.44. The van der Waals surface area contributed by atoms with Crippen LogP contribution in [0.1, 0.15) is 81.5 Å². The van der Waals surface area contributed by atoms with Crippen molar-refractivity contribution in [2.45, 2.75) is 49.9 Å². The summed E-state index contributed by atoms with van der Waals surface area (Å²) in [6, 6.07) is 50.3. The number of benzene rings is 6. The minimum atomic E-state index is -0.389. The molecular weight excluding hydrogens is 707 g/mol. The molecule has 2 aliphatic carbocycles. The molecule has 6 nitrogen and oxygen atoms in total. The summed E-state index contributed by atoms with van der Waals surface area (Å²) in [5.41, 5.74) is 11.6. The van der Waals surface area contributed by atoms with E-state index >= 15 is 0 Å². The first kappa shape index (κ1) is 33.0. The predicted molar refractivity (Wildman–Crippen MR) is 220 cm³/mol. The summed E-state index contributed by atoms with van der Waals surface area (Å²) in [5.74, 6) is 1.52. The van der Waals surface area contributed by atoms with E-state index in [0.717, 1.165) is 71.2 Å². The van der Waals surface area contributed by atoms with Crippen LogP contribution in [0.3, 0.4) is 0 Å². The van der Waals surface area contributed by atoms with Gasteiger partial charge in [0.1, 0.15) is 12.1 Å². The van der Waals surface area contributed by atoms with Gasteiger partial charge in [0, 0.05) is 38.1 Å². The summed E-state index contributed by atoms with van der Waals surface area (Å²) in [4.78, 5) is 11.3. The highest BCUT2D eigenvalue weighted by Crippen LogP contribution is 2.47. The number of aryl methyl sites for hydroxylation is 2. The fourth-order valence-corrected chi connectivity index (χ4v) is 9.25. The molecule has 0 spiro atoms. The minimum Gasteiger partial charge on any atom is -0.324 e. The van der Waals surface area contributed by atoms with Gasteiger partial charge in [-0.1, -0.05) is 138 Å². The number of aliphatic imine (C=N–C) groups is 2. The van der Waals surface area contributed by atoms with Crippen LogP contribution in [0.5, 0.6) is 0 Å². The van der Waals surface area contributed by atoms with E-state index < -0.39 is 0 Å². The Morgan fingerprint density at radius 3 is 1.56 bits per heavy atom. The third-order valence-corrected chi connectivity index (χ3v) is 11.9. The molecule has 0 radical (unpaired) electrons. The van der Waals surface area contributed by atoms with Crippen molar-refractivity contribution in [3.05, 3.63) is 200 Å². The van der Waals surface area contributed by atoms with Gasteiger partial charge >= 0.3 is 0 Å². The Balaban J connectivity index is 1.22. The van der Waals surface area contributed by atoms with Gasteiger partial charge in [0.05, 0.1) is 12.1 Å². The average molecular weight is 746 g/mol. The van der Waals surface area contributed by atoms with Gasteiger partial charge in [0.2, 0.25) is 11.9 Å². The molecular formula is C46H38Cl2N6. The average Bonchev–Trinajstić information content (AvgIpc) is 3.85. The number of guanidine groups is 2. The van der Waals surface area contributed by atoms with E-state index in [1.165, 1.54) is 22.3 Å². The van der Waals surface area contributed by atoms with Crippen LogP contribution in [0, 0.1) is 0 Å². The van der Waals surface area contributed by atoms with Gasteiger partial charge in [-0.25, -0.2) is 20.0 Å². The second-order valence-electron chi connectivity index (χ2n) is 14.4. The van der Waals surface area contributed by atoms with Crippen LogP contribution in [0.25, 0.3) is 0 Å². The molecule has 2 heterocycles. The maximum atomic E-state index is 6.98. The van der Waals surface area contributed by atoms with Crippen LogP contribution in [0.15, 0.2) is 156 Å². The Morgan fingerprint density at radius 1 is 0.481 bits per heavy atom. The molecule has 54 heavy (non-hydrogen) atoms. The number of hydrazine groups is 1. The van der Waals surface area contributed by atoms with Crippen molar-refractivity contribution in [1.29, 1.82) is 0 Å². The summed E-state index contributed by atoms with van der Waals surface area (Å²) >= 11 is 13.6. The van der Waals surface area contributed by atoms with Crippen LogP contribution >= 0.6 is 23.2 Å². The third-order valence-electron chi connectivity index (χ3n) is 11.3. The molecule has 4 atom stereocenters. The predicted octanol–water partition coefficient (Wildman–Crippen LogP) is 11.3. The van der Waals surface area contributed by atoms with E-state index in [2.05, 4.69) is 148 Å². The van der Waals surface area contributed by atoms with E-state index in [9.17, 15) is 0 Å². The van der Waals surface area contributed by atoms with Crippen molar-refractivity contribution in [3.8, 4) is 0 Å². The number of fused-ring (bicyclic) bond motifs is 4. The van der Waals surface area contributed by atoms with Crippen molar-refractivity contribution in [1.82, 2.24) is 10.0 Å². The number of hydrogen-bond donors (Lipinski definition) is 2. The maximum absolute atomic E-state index is 6.98. The molecule has 6 aromatic rings. The van der Waals surface area contributed by atoms with Crippen molar-refractivity contribution in [2.24, 2.45) is 9.98 Å². The van der Waals surface area contributed by atoms with Gasteiger partial charge < -0.3 is 10.6 Å². The van der Waals surface area contributed by atoms with Gasteiger partial charge in [-0.05, 0) is 83.8 Å². The molecule has 266 valence electrons. The van der Waals surface area contributed by atoms with E-state index in [1.54, 1.807) is 0 Å². The zero-order valence-electron chi connectivity index (χ0n) is 29.5. The van der Waals surface area contributed by atoms with Crippen LogP contribution in [0.2, 0.25) is 10.0 Å². The third kappa shape index (κ3) is 5.72. The van der Waals surface area contributed by atoms with Crippen molar-refractivity contribution >= 4 is 46.5 Å². The lowest BCUT2D eigenvalue weighted by Crippen LogP contribution is -2.57. The Kier molecular flexibility index (Phi) is 8.38. The molecule has 0 saturated carbocycles. The lowest BCUT2D eigenvalue weighted by atomic mass is 9.96. The second-order valence-corrected chi connectivity index (χ2v) is 15.3. The molecule has 0 saturated heterocycles. The zero-order chi connectivity index (χ0) is 36.2. The van der Waals surface area contributed by atoms with Crippen molar-refractivity contribution in [3.63, 3.8) is 0 Å². The molecule has 4 unspecified atom stereocenters. The van der Waals surface area contributed by atoms with Crippen molar-refractivity contribution in [2.75, 3.05) is 10.6 Å². The number of para-hydroxylation sites is 2. The number of nitrogens with one attached hydrogen (secondary N) is 2. The summed E-state index contributed by atoms with van der Waals surface area (Å²) in [6.45, 7) is 0. The normalized spacial score (nSPS) is 20.6. The minimum absolute atomic E-state index is 0.0169. The first-order valence-corrected chi connectivity index (χ1v) is 19.5. The largest absolute Gasteiger partial charge is 0.324 e. The summed E-state index contributed by atoms with van der Waals surface area (Å²) in [5, 5.41) is 13.8. The smallest absolute Gasteiger partial charge is 0.219 e. The quantitative estimate of drug-likeness (QED) is 0.176. The summed E-state index contributed by atoms with van der Waals surface area (Å²) in [6.07, 6.45) is 3.79. The van der Waals surface area contributed by atoms with Crippen LogP contribution < -0.4 is 10.6 Å². The highest BCUT2D eigenvalue weighted by atomic mass is 35.5. The van der Waals surface area contributed by atoms with E-state index in [4.69, 9.17) is 33.2 Å². The number of anilines is 2. The SMILES string of the molecule is Clc1ccc(Cl)c(C2N=C(N(C3CCc4ccccc43)N(C3=NC(c4ccccc4)c4ccccc4N3)C3CCc4ccccc43)Nc3ccccc32)c1. The highest BCUT2D eigenvalue weighted by molar-refractivity contribution is 6.33. The number of hydrogen-bond acceptors (Lipinski definition) is 6. The lowest BCUT2D eigenvalue weighted by molar-refractivity contribution is 0.0377. The van der Waals surface area contributed by atoms with E-state index in [0.29, 0.717) is 10.0 Å². The fourth-order valence-electron chi connectivity index (χ4n) is 8.85. The fraction of sp³-hybridized carbons (Fsp3) is 0.174.